The molecule has 0 aliphatic carbocycles. The van der Waals surface area contributed by atoms with E-state index in [1.165, 1.54) is 12.4 Å². The lowest BCUT2D eigenvalue weighted by atomic mass is 10.2. The van der Waals surface area contributed by atoms with Gasteiger partial charge in [-0.3, -0.25) is 9.56 Å². The van der Waals surface area contributed by atoms with Crippen molar-refractivity contribution in [2.24, 2.45) is 4.99 Å². The Labute approximate surface area is 160 Å². The molecule has 2 N–H and O–H groups in total. The molecule has 0 unspecified atom stereocenters. The van der Waals surface area contributed by atoms with Crippen molar-refractivity contribution in [3.63, 3.8) is 0 Å². The molecule has 0 radical (unpaired) electrons. The van der Waals surface area contributed by atoms with E-state index in [0.717, 1.165) is 16.6 Å². The van der Waals surface area contributed by atoms with Crippen molar-refractivity contribution in [2.45, 2.75) is 19.5 Å². The highest BCUT2D eigenvalue weighted by molar-refractivity contribution is 14.0. The van der Waals surface area contributed by atoms with E-state index in [-0.39, 0.29) is 36.3 Å². The predicted molar refractivity (Wildman–Crippen MR) is 100 cm³/mol. The largest absolute Gasteiger partial charge is 0.356 e. The number of halogens is 4. The number of guanidine groups is 1. The van der Waals surface area contributed by atoms with Gasteiger partial charge in [0.05, 0.1) is 6.54 Å². The second-order valence-electron chi connectivity index (χ2n) is 4.62. The summed E-state index contributed by atoms with van der Waals surface area (Å²) in [4.78, 5) is 11.9. The van der Waals surface area contributed by atoms with E-state index in [0.29, 0.717) is 17.7 Å². The first-order valence-electron chi connectivity index (χ1n) is 6.95. The number of rotatable bonds is 6. The average Bonchev–Trinajstić information content (AvgIpc) is 3.01. The van der Waals surface area contributed by atoms with Gasteiger partial charge in [-0.2, -0.15) is 8.78 Å². The van der Waals surface area contributed by atoms with E-state index in [1.54, 1.807) is 19.3 Å². The number of hydrogen-bond acceptors (Lipinski definition) is 3. The zero-order chi connectivity index (χ0) is 16.7. The third-order valence-corrected chi connectivity index (χ3v) is 3.32. The molecule has 24 heavy (non-hydrogen) atoms. The molecule has 0 saturated heterocycles. The molecule has 0 atom stereocenters. The molecular weight excluding hydrogens is 453 g/mol. The molecule has 132 valence electrons. The highest BCUT2D eigenvalue weighted by Gasteiger charge is 2.11. The second-order valence-corrected chi connectivity index (χ2v) is 5.01. The van der Waals surface area contributed by atoms with Crippen LogP contribution < -0.4 is 10.6 Å². The summed E-state index contributed by atoms with van der Waals surface area (Å²) in [7, 11) is 1.61. The first-order valence-corrected chi connectivity index (χ1v) is 7.32. The van der Waals surface area contributed by atoms with Crippen LogP contribution in [0.5, 0.6) is 0 Å². The summed E-state index contributed by atoms with van der Waals surface area (Å²) in [5.41, 5.74) is 1.03. The molecule has 0 amide bonds. The van der Waals surface area contributed by atoms with E-state index >= 15 is 0 Å². The van der Waals surface area contributed by atoms with Gasteiger partial charge in [0, 0.05) is 32.2 Å². The van der Waals surface area contributed by atoms with Crippen LogP contribution >= 0.6 is 35.6 Å². The number of hydrogen-bond donors (Lipinski definition) is 2. The molecule has 0 aliphatic rings. The van der Waals surface area contributed by atoms with Crippen LogP contribution in [0.4, 0.5) is 8.78 Å². The molecular formula is C14H18ClF2IN6. The van der Waals surface area contributed by atoms with Crippen LogP contribution in [0.1, 0.15) is 17.9 Å². The third-order valence-electron chi connectivity index (χ3n) is 3.09. The van der Waals surface area contributed by atoms with Gasteiger partial charge in [0.15, 0.2) is 5.96 Å². The van der Waals surface area contributed by atoms with Crippen LogP contribution in [-0.4, -0.2) is 34.1 Å². The lowest BCUT2D eigenvalue weighted by Crippen LogP contribution is -2.38. The van der Waals surface area contributed by atoms with Gasteiger partial charge in [0.25, 0.3) is 0 Å². The molecule has 0 bridgehead atoms. The predicted octanol–water partition coefficient (Wildman–Crippen LogP) is 2.85. The number of alkyl halides is 2. The fourth-order valence-electron chi connectivity index (χ4n) is 1.92. The van der Waals surface area contributed by atoms with Crippen LogP contribution in [0.15, 0.2) is 35.7 Å². The molecule has 0 fully saturated rings. The maximum atomic E-state index is 12.7. The SMILES string of the molecule is CN=C(NCCc1ccc(Cl)nc1)NCc1nccn1C(F)F.I. The summed E-state index contributed by atoms with van der Waals surface area (Å²) in [6, 6.07) is 3.63. The van der Waals surface area contributed by atoms with Gasteiger partial charge in [0.2, 0.25) is 0 Å². The Kier molecular flexibility index (Phi) is 8.90. The molecule has 0 aliphatic heterocycles. The van der Waals surface area contributed by atoms with Gasteiger partial charge in [0.1, 0.15) is 11.0 Å². The Balaban J connectivity index is 0.00000288. The lowest BCUT2D eigenvalue weighted by molar-refractivity contribution is 0.0668. The van der Waals surface area contributed by atoms with E-state index in [9.17, 15) is 8.78 Å². The number of aliphatic imine (C=N–C) groups is 1. The maximum absolute atomic E-state index is 12.7. The summed E-state index contributed by atoms with van der Waals surface area (Å²) in [5, 5.41) is 6.50. The van der Waals surface area contributed by atoms with E-state index in [1.807, 2.05) is 6.07 Å². The molecule has 0 saturated carbocycles. The molecule has 0 aromatic carbocycles. The van der Waals surface area contributed by atoms with Crippen LogP contribution in [-0.2, 0) is 13.0 Å². The smallest absolute Gasteiger partial charge is 0.319 e. The maximum Gasteiger partial charge on any atom is 0.319 e. The minimum atomic E-state index is -2.61. The lowest BCUT2D eigenvalue weighted by Gasteiger charge is -2.12. The number of aromatic nitrogens is 3. The molecule has 6 nitrogen and oxygen atoms in total. The summed E-state index contributed by atoms with van der Waals surface area (Å²) < 4.78 is 26.2. The Hall–Kier alpha value is -1.49. The summed E-state index contributed by atoms with van der Waals surface area (Å²) in [6.45, 7) is -1.84. The van der Waals surface area contributed by atoms with Crippen molar-refractivity contribution in [3.05, 3.63) is 47.3 Å². The van der Waals surface area contributed by atoms with E-state index in [2.05, 4.69) is 25.6 Å². The van der Waals surface area contributed by atoms with E-state index in [4.69, 9.17) is 11.6 Å². The third kappa shape index (κ3) is 6.19. The average molecular weight is 471 g/mol. The standard InChI is InChI=1S/C14H17ClF2N6.HI/c1-18-14(20-5-4-10-2-3-11(15)21-8-10)22-9-12-19-6-7-23(12)13(16)17;/h2-3,6-8,13H,4-5,9H2,1H3,(H2,18,20,22);1H. The van der Waals surface area contributed by atoms with Gasteiger partial charge in [-0.1, -0.05) is 17.7 Å². The minimum Gasteiger partial charge on any atom is -0.356 e. The molecule has 2 rings (SSSR count). The van der Waals surface area contributed by atoms with Crippen LogP contribution in [0.2, 0.25) is 5.15 Å². The monoisotopic (exact) mass is 470 g/mol. The Morgan fingerprint density at radius 3 is 2.75 bits per heavy atom. The number of nitrogens with one attached hydrogen (secondary N) is 2. The fraction of sp³-hybridized carbons (Fsp3) is 0.357. The number of pyridine rings is 1. The zero-order valence-corrected chi connectivity index (χ0v) is 16.0. The van der Waals surface area contributed by atoms with Gasteiger partial charge in [-0.15, -0.1) is 24.0 Å². The van der Waals surface area contributed by atoms with Gasteiger partial charge in [-0.05, 0) is 18.1 Å². The first-order chi connectivity index (χ1) is 11.1. The van der Waals surface area contributed by atoms with Crippen molar-refractivity contribution >= 4 is 41.5 Å². The summed E-state index contributed by atoms with van der Waals surface area (Å²) in [5.74, 6) is 0.751. The number of nitrogens with zero attached hydrogens (tertiary/aromatic N) is 4. The molecule has 2 aromatic heterocycles. The Morgan fingerprint density at radius 1 is 1.33 bits per heavy atom. The van der Waals surface area contributed by atoms with Crippen molar-refractivity contribution in [1.82, 2.24) is 25.2 Å². The second kappa shape index (κ2) is 10.4. The zero-order valence-electron chi connectivity index (χ0n) is 12.9. The molecule has 10 heteroatoms. The molecule has 0 spiro atoms. The minimum absolute atomic E-state index is 0. The topological polar surface area (TPSA) is 67.1 Å². The van der Waals surface area contributed by atoms with Gasteiger partial charge >= 0.3 is 6.55 Å². The number of imidazole rings is 1. The Morgan fingerprint density at radius 2 is 2.12 bits per heavy atom. The van der Waals surface area contributed by atoms with Crippen LogP contribution in [0.25, 0.3) is 0 Å². The molecule has 2 heterocycles. The quantitative estimate of drug-likeness (QED) is 0.295. The van der Waals surface area contributed by atoms with Crippen LogP contribution in [0.3, 0.4) is 0 Å². The fourth-order valence-corrected chi connectivity index (χ4v) is 2.03. The van der Waals surface area contributed by atoms with Crippen molar-refractivity contribution in [2.75, 3.05) is 13.6 Å². The summed E-state index contributed by atoms with van der Waals surface area (Å²) >= 11 is 5.73. The van der Waals surface area contributed by atoms with Gasteiger partial charge < -0.3 is 10.6 Å². The Bertz CT molecular complexity index is 647. The van der Waals surface area contributed by atoms with E-state index < -0.39 is 6.55 Å². The highest BCUT2D eigenvalue weighted by atomic mass is 127. The highest BCUT2D eigenvalue weighted by Crippen LogP contribution is 2.11. The molecule has 2 aromatic rings. The summed E-state index contributed by atoms with van der Waals surface area (Å²) in [6.07, 6.45) is 5.02. The normalized spacial score (nSPS) is 11.3. The van der Waals surface area contributed by atoms with Crippen molar-refractivity contribution < 1.29 is 8.78 Å². The van der Waals surface area contributed by atoms with Crippen molar-refractivity contribution in [3.8, 4) is 0 Å². The van der Waals surface area contributed by atoms with Gasteiger partial charge in [-0.25, -0.2) is 9.97 Å². The van der Waals surface area contributed by atoms with Crippen LogP contribution in [0, 0.1) is 0 Å². The van der Waals surface area contributed by atoms with Crippen molar-refractivity contribution in [1.29, 1.82) is 0 Å². The first kappa shape index (κ1) is 20.6.